The molecule has 0 spiro atoms. The zero-order valence-electron chi connectivity index (χ0n) is 10.4. The van der Waals surface area contributed by atoms with Gasteiger partial charge in [0, 0.05) is 5.92 Å². The maximum Gasteiger partial charge on any atom is 0.159 e. The minimum atomic E-state index is -0.990. The summed E-state index contributed by atoms with van der Waals surface area (Å²) in [5, 5.41) is 10.3. The fourth-order valence-electron chi connectivity index (χ4n) is 2.46. The van der Waals surface area contributed by atoms with E-state index in [1.807, 2.05) is 0 Å². The zero-order valence-corrected chi connectivity index (χ0v) is 10.4. The van der Waals surface area contributed by atoms with Gasteiger partial charge in [-0.25, -0.2) is 13.2 Å². The molecule has 2 aromatic rings. The number of benzene rings is 2. The molecule has 0 saturated carbocycles. The Kier molecular flexibility index (Phi) is 3.10. The molecule has 2 atom stereocenters. The molecule has 4 heteroatoms. The Hall–Kier alpha value is -2.07. The second-order valence-corrected chi connectivity index (χ2v) is 4.78. The Bertz CT molecular complexity index is 677. The fourth-order valence-corrected chi connectivity index (χ4v) is 2.46. The zero-order chi connectivity index (χ0) is 14.3. The highest BCUT2D eigenvalue weighted by Gasteiger charge is 2.27. The lowest BCUT2D eigenvalue weighted by atomic mass is 9.82. The summed E-state index contributed by atoms with van der Waals surface area (Å²) in [5.41, 5.74) is 1.50. The van der Waals surface area contributed by atoms with Crippen molar-refractivity contribution in [3.05, 3.63) is 76.6 Å². The quantitative estimate of drug-likeness (QED) is 0.836. The maximum absolute atomic E-state index is 13.3. The number of halogens is 3. The van der Waals surface area contributed by atoms with E-state index in [1.54, 1.807) is 24.3 Å². The van der Waals surface area contributed by atoms with E-state index < -0.39 is 23.7 Å². The molecule has 102 valence electrons. The Morgan fingerprint density at radius 1 is 0.900 bits per heavy atom. The van der Waals surface area contributed by atoms with Gasteiger partial charge in [0.2, 0.25) is 0 Å². The molecule has 0 radical (unpaired) electrons. The minimum absolute atomic E-state index is 0.334. The first-order valence-corrected chi connectivity index (χ1v) is 6.17. The Balaban J connectivity index is 2.03. The third-order valence-corrected chi connectivity index (χ3v) is 3.52. The van der Waals surface area contributed by atoms with Crippen molar-refractivity contribution >= 4 is 6.08 Å². The van der Waals surface area contributed by atoms with Gasteiger partial charge >= 0.3 is 0 Å². The second-order valence-electron chi connectivity index (χ2n) is 4.78. The molecule has 1 aliphatic rings. The third kappa shape index (κ3) is 2.12. The van der Waals surface area contributed by atoms with Gasteiger partial charge in [-0.2, -0.15) is 0 Å². The first-order valence-electron chi connectivity index (χ1n) is 6.17. The average molecular weight is 276 g/mol. The van der Waals surface area contributed by atoms with Crippen LogP contribution in [-0.2, 0) is 0 Å². The molecule has 0 unspecified atom stereocenters. The predicted molar refractivity (Wildman–Crippen MR) is 69.5 cm³/mol. The van der Waals surface area contributed by atoms with Gasteiger partial charge in [0.15, 0.2) is 11.6 Å². The van der Waals surface area contributed by atoms with Gasteiger partial charge in [-0.05, 0) is 41.0 Å². The van der Waals surface area contributed by atoms with Crippen molar-refractivity contribution in [1.29, 1.82) is 0 Å². The van der Waals surface area contributed by atoms with Crippen LogP contribution in [0.15, 0.2) is 42.5 Å². The van der Waals surface area contributed by atoms with E-state index in [-0.39, 0.29) is 5.82 Å². The van der Waals surface area contributed by atoms with Gasteiger partial charge in [0.05, 0.1) is 6.10 Å². The van der Waals surface area contributed by atoms with Gasteiger partial charge in [-0.3, -0.25) is 0 Å². The van der Waals surface area contributed by atoms with E-state index in [2.05, 4.69) is 0 Å². The Morgan fingerprint density at radius 3 is 2.25 bits per heavy atom. The molecule has 0 aliphatic heterocycles. The van der Waals surface area contributed by atoms with Crippen LogP contribution in [0, 0.1) is 17.5 Å². The van der Waals surface area contributed by atoms with Crippen molar-refractivity contribution in [2.24, 2.45) is 0 Å². The highest BCUT2D eigenvalue weighted by atomic mass is 19.2. The van der Waals surface area contributed by atoms with Gasteiger partial charge in [0.25, 0.3) is 0 Å². The van der Waals surface area contributed by atoms with E-state index in [0.29, 0.717) is 16.7 Å². The standard InChI is InChI=1S/C16H11F3O/c17-11-4-1-9(2-5-11)12-6-3-10-7-14(18)15(19)8-13(10)16(12)20/h1-8,12,16,20H/t12-,16-/m1/s1. The maximum atomic E-state index is 13.3. The number of hydrogen-bond acceptors (Lipinski definition) is 1. The van der Waals surface area contributed by atoms with Crippen LogP contribution in [0.2, 0.25) is 0 Å². The van der Waals surface area contributed by atoms with Crippen molar-refractivity contribution < 1.29 is 18.3 Å². The number of aliphatic hydroxyl groups excluding tert-OH is 1. The molecule has 2 aromatic carbocycles. The first kappa shape index (κ1) is 12.9. The second kappa shape index (κ2) is 4.80. The summed E-state index contributed by atoms with van der Waals surface area (Å²) in [6.07, 6.45) is 2.35. The van der Waals surface area contributed by atoms with E-state index in [0.717, 1.165) is 12.1 Å². The van der Waals surface area contributed by atoms with E-state index in [1.165, 1.54) is 12.1 Å². The van der Waals surface area contributed by atoms with Crippen LogP contribution in [0.1, 0.15) is 28.7 Å². The normalized spacial score (nSPS) is 20.8. The van der Waals surface area contributed by atoms with Crippen molar-refractivity contribution in [3.63, 3.8) is 0 Å². The summed E-state index contributed by atoms with van der Waals surface area (Å²) >= 11 is 0. The van der Waals surface area contributed by atoms with Gasteiger partial charge < -0.3 is 5.11 Å². The van der Waals surface area contributed by atoms with Crippen LogP contribution >= 0.6 is 0 Å². The molecule has 0 heterocycles. The summed E-state index contributed by atoms with van der Waals surface area (Å²) < 4.78 is 39.4. The minimum Gasteiger partial charge on any atom is -0.387 e. The molecular formula is C16H11F3O. The van der Waals surface area contributed by atoms with Gasteiger partial charge in [-0.15, -0.1) is 0 Å². The van der Waals surface area contributed by atoms with Crippen molar-refractivity contribution in [2.45, 2.75) is 12.0 Å². The van der Waals surface area contributed by atoms with E-state index >= 15 is 0 Å². The van der Waals surface area contributed by atoms with Crippen molar-refractivity contribution in [1.82, 2.24) is 0 Å². The van der Waals surface area contributed by atoms with Crippen LogP contribution in [-0.4, -0.2) is 5.11 Å². The molecule has 3 rings (SSSR count). The van der Waals surface area contributed by atoms with Crippen LogP contribution in [0.25, 0.3) is 6.08 Å². The van der Waals surface area contributed by atoms with Crippen LogP contribution in [0.5, 0.6) is 0 Å². The van der Waals surface area contributed by atoms with Gasteiger partial charge in [0.1, 0.15) is 5.82 Å². The molecule has 0 saturated heterocycles. The highest BCUT2D eigenvalue weighted by Crippen LogP contribution is 2.39. The molecular weight excluding hydrogens is 265 g/mol. The highest BCUT2D eigenvalue weighted by molar-refractivity contribution is 5.60. The number of fused-ring (bicyclic) bond motifs is 1. The van der Waals surface area contributed by atoms with Crippen LogP contribution in [0.4, 0.5) is 13.2 Å². The third-order valence-electron chi connectivity index (χ3n) is 3.52. The number of aliphatic hydroxyl groups is 1. The molecule has 0 aromatic heterocycles. The molecule has 1 aliphatic carbocycles. The molecule has 0 fully saturated rings. The lowest BCUT2D eigenvalue weighted by Gasteiger charge is -2.26. The monoisotopic (exact) mass is 276 g/mol. The van der Waals surface area contributed by atoms with Crippen molar-refractivity contribution in [2.75, 3.05) is 0 Å². The first-order chi connectivity index (χ1) is 9.56. The summed E-state index contributed by atoms with van der Waals surface area (Å²) in [6, 6.07) is 7.81. The van der Waals surface area contributed by atoms with Crippen molar-refractivity contribution in [3.8, 4) is 0 Å². The lowest BCUT2D eigenvalue weighted by molar-refractivity contribution is 0.159. The topological polar surface area (TPSA) is 20.2 Å². The van der Waals surface area contributed by atoms with Crippen LogP contribution < -0.4 is 0 Å². The molecule has 0 amide bonds. The Labute approximate surface area is 114 Å². The van der Waals surface area contributed by atoms with Gasteiger partial charge in [-0.1, -0.05) is 24.3 Å². The molecule has 20 heavy (non-hydrogen) atoms. The van der Waals surface area contributed by atoms with E-state index in [9.17, 15) is 18.3 Å². The Morgan fingerprint density at radius 2 is 1.55 bits per heavy atom. The smallest absolute Gasteiger partial charge is 0.159 e. The SMILES string of the molecule is O[C@H]1c2cc(F)c(F)cc2C=C[C@@H]1c1ccc(F)cc1. The average Bonchev–Trinajstić information content (AvgIpc) is 2.43. The lowest BCUT2D eigenvalue weighted by Crippen LogP contribution is -2.14. The predicted octanol–water partition coefficient (Wildman–Crippen LogP) is 3.95. The molecule has 1 N–H and O–H groups in total. The van der Waals surface area contributed by atoms with Crippen LogP contribution in [0.3, 0.4) is 0 Å². The largest absolute Gasteiger partial charge is 0.387 e. The summed E-state index contributed by atoms with van der Waals surface area (Å²) in [5.74, 6) is -2.71. The van der Waals surface area contributed by atoms with E-state index in [4.69, 9.17) is 0 Å². The number of rotatable bonds is 1. The summed E-state index contributed by atoms with van der Waals surface area (Å²) in [6.45, 7) is 0. The fraction of sp³-hybridized carbons (Fsp3) is 0.125. The summed E-state index contributed by atoms with van der Waals surface area (Å²) in [7, 11) is 0. The summed E-state index contributed by atoms with van der Waals surface area (Å²) in [4.78, 5) is 0. The molecule has 0 bridgehead atoms. The molecule has 1 nitrogen and oxygen atoms in total. The number of hydrogen-bond donors (Lipinski definition) is 1.